The Kier molecular flexibility index (Phi) is 5.32. The predicted molar refractivity (Wildman–Crippen MR) is 108 cm³/mol. The molecule has 0 fully saturated rings. The van der Waals surface area contributed by atoms with Crippen LogP contribution in [0, 0.1) is 5.82 Å². The third-order valence-corrected chi connectivity index (χ3v) is 5.21. The summed E-state index contributed by atoms with van der Waals surface area (Å²) in [5.41, 5.74) is 0.794. The maximum atomic E-state index is 13.4. The highest BCUT2D eigenvalue weighted by Crippen LogP contribution is 2.39. The Bertz CT molecular complexity index is 1170. The van der Waals surface area contributed by atoms with Gasteiger partial charge in [0.15, 0.2) is 11.5 Å². The predicted octanol–water partition coefficient (Wildman–Crippen LogP) is 4.45. The van der Waals surface area contributed by atoms with Gasteiger partial charge < -0.3 is 19.2 Å². The number of Topliss-reactive ketones (excluding diaryl/α,β-unsaturated/α-hetero) is 1. The van der Waals surface area contributed by atoms with Crippen molar-refractivity contribution < 1.29 is 28.2 Å². The highest BCUT2D eigenvalue weighted by molar-refractivity contribution is 6.31. The van der Waals surface area contributed by atoms with Gasteiger partial charge in [-0.2, -0.15) is 0 Å². The van der Waals surface area contributed by atoms with Gasteiger partial charge in [0, 0.05) is 24.1 Å². The Morgan fingerprint density at radius 3 is 2.67 bits per heavy atom. The lowest BCUT2D eigenvalue weighted by atomic mass is 9.95. The molecular formula is C22H17ClFNO5. The van der Waals surface area contributed by atoms with E-state index < -0.39 is 29.3 Å². The summed E-state index contributed by atoms with van der Waals surface area (Å²) < 4.78 is 24.1. The molecule has 0 aliphatic carbocycles. The van der Waals surface area contributed by atoms with Crippen LogP contribution in [0.2, 0.25) is 5.02 Å². The lowest BCUT2D eigenvalue weighted by molar-refractivity contribution is -0.130. The van der Waals surface area contributed by atoms with Crippen LogP contribution in [-0.4, -0.2) is 42.0 Å². The Balaban J connectivity index is 1.79. The number of benzene rings is 2. The number of carbonyl (C=O) groups excluding carboxylic acids is 2. The van der Waals surface area contributed by atoms with E-state index >= 15 is 0 Å². The zero-order valence-corrected chi connectivity index (χ0v) is 16.6. The Labute approximate surface area is 176 Å². The second-order valence-electron chi connectivity index (χ2n) is 6.83. The molecule has 1 unspecified atom stereocenters. The highest BCUT2D eigenvalue weighted by Gasteiger charge is 2.44. The van der Waals surface area contributed by atoms with Crippen molar-refractivity contribution >= 4 is 34.3 Å². The number of nitrogens with zero attached hydrogens (tertiary/aromatic N) is 1. The molecule has 1 amide bonds. The van der Waals surface area contributed by atoms with E-state index in [1.165, 1.54) is 42.3 Å². The molecule has 2 aromatic carbocycles. The number of methoxy groups -OCH3 is 1. The van der Waals surface area contributed by atoms with Crippen LogP contribution in [0.3, 0.4) is 0 Å². The van der Waals surface area contributed by atoms with Crippen LogP contribution in [0.15, 0.2) is 64.3 Å². The second kappa shape index (κ2) is 7.93. The SMILES string of the molecule is COCCN1C(=O)C(O)=C(C(=O)c2cc3cc(Cl)ccc3o2)C1c1ccc(F)cc1. The third-order valence-electron chi connectivity index (χ3n) is 4.97. The Morgan fingerprint density at radius 2 is 1.97 bits per heavy atom. The number of ether oxygens (including phenoxy) is 1. The maximum absolute atomic E-state index is 13.4. The lowest BCUT2D eigenvalue weighted by Gasteiger charge is -2.26. The van der Waals surface area contributed by atoms with Crippen molar-refractivity contribution in [3.8, 4) is 0 Å². The Hall–Kier alpha value is -3.16. The zero-order valence-electron chi connectivity index (χ0n) is 15.9. The molecule has 30 heavy (non-hydrogen) atoms. The first kappa shape index (κ1) is 20.1. The molecule has 1 aliphatic heterocycles. The standard InChI is InChI=1S/C22H17ClFNO5/c1-29-9-8-25-19(12-2-5-15(24)6-3-12)18(21(27)22(25)28)20(26)17-11-13-10-14(23)4-7-16(13)30-17/h2-7,10-11,19,27H,8-9H2,1H3. The van der Waals surface area contributed by atoms with E-state index in [2.05, 4.69) is 0 Å². The lowest BCUT2D eigenvalue weighted by Crippen LogP contribution is -2.34. The summed E-state index contributed by atoms with van der Waals surface area (Å²) in [5, 5.41) is 11.7. The first-order chi connectivity index (χ1) is 14.4. The molecule has 0 saturated carbocycles. The Morgan fingerprint density at radius 1 is 1.23 bits per heavy atom. The summed E-state index contributed by atoms with van der Waals surface area (Å²) in [4.78, 5) is 27.3. The molecule has 3 aromatic rings. The number of hydrogen-bond donors (Lipinski definition) is 1. The van der Waals surface area contributed by atoms with E-state index in [9.17, 15) is 19.1 Å². The van der Waals surface area contributed by atoms with Gasteiger partial charge in [-0.05, 0) is 42.0 Å². The van der Waals surface area contributed by atoms with E-state index in [0.29, 0.717) is 21.6 Å². The van der Waals surface area contributed by atoms with Crippen molar-refractivity contribution in [2.75, 3.05) is 20.3 Å². The molecule has 0 saturated heterocycles. The van der Waals surface area contributed by atoms with Crippen molar-refractivity contribution in [1.82, 2.24) is 4.90 Å². The van der Waals surface area contributed by atoms with E-state index in [-0.39, 0.29) is 24.5 Å². The van der Waals surface area contributed by atoms with Gasteiger partial charge in [0.2, 0.25) is 5.78 Å². The van der Waals surface area contributed by atoms with Crippen LogP contribution in [0.5, 0.6) is 0 Å². The van der Waals surface area contributed by atoms with E-state index in [1.54, 1.807) is 18.2 Å². The molecule has 1 aromatic heterocycles. The molecular weight excluding hydrogens is 413 g/mol. The number of furan rings is 1. The van der Waals surface area contributed by atoms with Crippen molar-refractivity contribution in [3.05, 3.63) is 82.0 Å². The fourth-order valence-corrected chi connectivity index (χ4v) is 3.74. The summed E-state index contributed by atoms with van der Waals surface area (Å²) in [5.74, 6) is -2.50. The number of rotatable bonds is 6. The molecule has 2 heterocycles. The summed E-state index contributed by atoms with van der Waals surface area (Å²) in [6, 6.07) is 10.9. The zero-order chi connectivity index (χ0) is 21.4. The molecule has 6 nitrogen and oxygen atoms in total. The van der Waals surface area contributed by atoms with Crippen LogP contribution in [0.25, 0.3) is 11.0 Å². The highest BCUT2D eigenvalue weighted by atomic mass is 35.5. The number of halogens is 2. The minimum atomic E-state index is -0.905. The minimum absolute atomic E-state index is 0.0395. The molecule has 1 atom stereocenters. The van der Waals surface area contributed by atoms with Crippen molar-refractivity contribution in [3.63, 3.8) is 0 Å². The van der Waals surface area contributed by atoms with Crippen molar-refractivity contribution in [2.45, 2.75) is 6.04 Å². The molecule has 154 valence electrons. The van der Waals surface area contributed by atoms with Gasteiger partial charge in [0.1, 0.15) is 11.4 Å². The fraction of sp³-hybridized carbons (Fsp3) is 0.182. The molecule has 1 N–H and O–H groups in total. The molecule has 0 bridgehead atoms. The van der Waals surface area contributed by atoms with Gasteiger partial charge in [-0.25, -0.2) is 4.39 Å². The maximum Gasteiger partial charge on any atom is 0.290 e. The number of carbonyl (C=O) groups is 2. The van der Waals surface area contributed by atoms with Crippen LogP contribution < -0.4 is 0 Å². The van der Waals surface area contributed by atoms with Crippen LogP contribution in [-0.2, 0) is 9.53 Å². The van der Waals surface area contributed by atoms with Crippen molar-refractivity contribution in [1.29, 1.82) is 0 Å². The monoisotopic (exact) mass is 429 g/mol. The van der Waals surface area contributed by atoms with Gasteiger partial charge >= 0.3 is 0 Å². The summed E-state index contributed by atoms with van der Waals surface area (Å²) >= 11 is 5.99. The normalized spacial score (nSPS) is 16.7. The quantitative estimate of drug-likeness (QED) is 0.585. The molecule has 1 aliphatic rings. The molecule has 0 spiro atoms. The number of hydrogen-bond acceptors (Lipinski definition) is 5. The van der Waals surface area contributed by atoms with Gasteiger partial charge in [-0.1, -0.05) is 23.7 Å². The van der Waals surface area contributed by atoms with E-state index in [0.717, 1.165) is 0 Å². The number of fused-ring (bicyclic) bond motifs is 1. The van der Waals surface area contributed by atoms with Gasteiger partial charge in [-0.15, -0.1) is 0 Å². The largest absolute Gasteiger partial charge is 0.503 e. The van der Waals surface area contributed by atoms with E-state index in [1.807, 2.05) is 0 Å². The third kappa shape index (κ3) is 3.46. The molecule has 0 radical (unpaired) electrons. The average Bonchev–Trinajstić information content (AvgIpc) is 3.26. The summed E-state index contributed by atoms with van der Waals surface area (Å²) in [7, 11) is 1.48. The first-order valence-electron chi connectivity index (χ1n) is 9.13. The summed E-state index contributed by atoms with van der Waals surface area (Å²) in [6.07, 6.45) is 0. The van der Waals surface area contributed by atoms with Crippen LogP contribution in [0.4, 0.5) is 4.39 Å². The van der Waals surface area contributed by atoms with Gasteiger partial charge in [-0.3, -0.25) is 9.59 Å². The van der Waals surface area contributed by atoms with E-state index in [4.69, 9.17) is 20.8 Å². The van der Waals surface area contributed by atoms with Crippen LogP contribution in [0.1, 0.15) is 22.2 Å². The topological polar surface area (TPSA) is 80.0 Å². The number of aliphatic hydroxyl groups is 1. The van der Waals surface area contributed by atoms with Gasteiger partial charge in [0.25, 0.3) is 5.91 Å². The summed E-state index contributed by atoms with van der Waals surface area (Å²) in [6.45, 7) is 0.329. The van der Waals surface area contributed by atoms with Gasteiger partial charge in [0.05, 0.1) is 18.2 Å². The molecule has 4 rings (SSSR count). The van der Waals surface area contributed by atoms with Crippen molar-refractivity contribution in [2.24, 2.45) is 0 Å². The van der Waals surface area contributed by atoms with Crippen LogP contribution >= 0.6 is 11.6 Å². The first-order valence-corrected chi connectivity index (χ1v) is 9.51. The average molecular weight is 430 g/mol. The molecule has 8 heteroatoms. The number of ketones is 1. The minimum Gasteiger partial charge on any atom is -0.503 e. The smallest absolute Gasteiger partial charge is 0.290 e. The fourth-order valence-electron chi connectivity index (χ4n) is 3.56. The number of amides is 1. The number of aliphatic hydroxyl groups excluding tert-OH is 1. The second-order valence-corrected chi connectivity index (χ2v) is 7.27.